The Kier molecular flexibility index (Phi) is 9.24. The highest BCUT2D eigenvalue weighted by Gasteiger charge is 2.10. The van der Waals surface area contributed by atoms with Gasteiger partial charge in [0.15, 0.2) is 5.91 Å². The lowest BCUT2D eigenvalue weighted by Gasteiger charge is -2.15. The van der Waals surface area contributed by atoms with Gasteiger partial charge in [-0.25, -0.2) is 0 Å². The Morgan fingerprint density at radius 3 is 2.55 bits per heavy atom. The maximum absolute atomic E-state index is 5.65. The van der Waals surface area contributed by atoms with Crippen LogP contribution in [0.4, 0.5) is 0 Å². The normalized spacial score (nSPS) is 10.9. The molecule has 0 N–H and O–H groups in total. The number of benzene rings is 1. The van der Waals surface area contributed by atoms with E-state index in [1.807, 2.05) is 26.0 Å². The molecule has 0 aliphatic rings. The Labute approximate surface area is 124 Å². The van der Waals surface area contributed by atoms with Crippen LogP contribution < -0.4 is 0 Å². The van der Waals surface area contributed by atoms with Crippen molar-refractivity contribution in [2.75, 3.05) is 19.8 Å². The van der Waals surface area contributed by atoms with Crippen LogP contribution in [0.1, 0.15) is 31.4 Å². The van der Waals surface area contributed by atoms with Crippen molar-refractivity contribution in [1.82, 2.24) is 0 Å². The minimum Gasteiger partial charge on any atom is -0.412 e. The second kappa shape index (κ2) is 10.8. The summed E-state index contributed by atoms with van der Waals surface area (Å²) in [6.07, 6.45) is 3.89. The Hall–Kier alpha value is -0.943. The van der Waals surface area contributed by atoms with E-state index >= 15 is 0 Å². The first kappa shape index (κ1) is 17.1. The summed E-state index contributed by atoms with van der Waals surface area (Å²) in [6, 6.07) is 8.33. The predicted molar refractivity (Wildman–Crippen MR) is 83.6 cm³/mol. The molecule has 0 saturated carbocycles. The lowest BCUT2D eigenvalue weighted by atomic mass is 10.0. The van der Waals surface area contributed by atoms with Crippen LogP contribution in [0.2, 0.25) is 0 Å². The number of rotatable bonds is 11. The molecule has 0 aromatic heterocycles. The van der Waals surface area contributed by atoms with Gasteiger partial charge < -0.3 is 13.9 Å². The van der Waals surface area contributed by atoms with Gasteiger partial charge in [-0.1, -0.05) is 36.9 Å². The highest BCUT2D eigenvalue weighted by atomic mass is 28.2. The molecule has 1 aromatic rings. The molecule has 0 aliphatic heterocycles. The van der Waals surface area contributed by atoms with Crippen LogP contribution in [0, 0.1) is 0 Å². The zero-order valence-corrected chi connectivity index (χ0v) is 13.4. The molecule has 2 radical (unpaired) electrons. The fraction of sp³-hybridized carbons (Fsp3) is 0.500. The Balaban J connectivity index is 2.22. The minimum atomic E-state index is -0.217. The van der Waals surface area contributed by atoms with Crippen LogP contribution in [0.3, 0.4) is 0 Å². The maximum Gasteiger partial charge on any atom is 0.299 e. The largest absolute Gasteiger partial charge is 0.412 e. The lowest BCUT2D eigenvalue weighted by Crippen LogP contribution is -2.27. The van der Waals surface area contributed by atoms with Crippen LogP contribution in [0.15, 0.2) is 30.8 Å². The van der Waals surface area contributed by atoms with Gasteiger partial charge in [-0.05, 0) is 37.8 Å². The number of hydrogen-bond acceptors (Lipinski definition) is 3. The molecule has 0 heterocycles. The second-order valence-corrected chi connectivity index (χ2v) is 5.21. The summed E-state index contributed by atoms with van der Waals surface area (Å²) >= 11 is 0. The summed E-state index contributed by atoms with van der Waals surface area (Å²) < 4.78 is 16.5. The molecule has 0 unspecified atom stereocenters. The topological polar surface area (TPSA) is 27.7 Å². The van der Waals surface area contributed by atoms with E-state index in [0.29, 0.717) is 13.2 Å². The van der Waals surface area contributed by atoms with E-state index in [1.165, 1.54) is 11.1 Å². The molecule has 20 heavy (non-hydrogen) atoms. The van der Waals surface area contributed by atoms with Crippen molar-refractivity contribution in [1.29, 1.82) is 0 Å². The molecule has 0 bridgehead atoms. The van der Waals surface area contributed by atoms with Gasteiger partial charge in [0.1, 0.15) is 0 Å². The van der Waals surface area contributed by atoms with Crippen molar-refractivity contribution in [3.63, 3.8) is 0 Å². The first-order valence-corrected chi connectivity index (χ1v) is 8.11. The third-order valence-electron chi connectivity index (χ3n) is 2.78. The van der Waals surface area contributed by atoms with Crippen molar-refractivity contribution >= 4 is 15.8 Å². The monoisotopic (exact) mass is 292 g/mol. The Bertz CT molecular complexity index is 376. The second-order valence-electron chi connectivity index (χ2n) is 4.22. The van der Waals surface area contributed by atoms with Crippen LogP contribution >= 0.6 is 0 Å². The molecule has 0 spiro atoms. The van der Waals surface area contributed by atoms with Gasteiger partial charge in [0, 0.05) is 19.8 Å². The van der Waals surface area contributed by atoms with E-state index < -0.39 is 0 Å². The molecule has 3 nitrogen and oxygen atoms in total. The third kappa shape index (κ3) is 6.48. The summed E-state index contributed by atoms with van der Waals surface area (Å²) in [5, 5.41) is 0. The standard InChI is InChI=1S/C16H24O3Si/c1-4-14-10-7-8-11-15(14)12-9-13-19-20-16(17-5-2)18-6-3/h4,7-8,10-11,16H,1,5-6,9,12-13H2,2-3H3. The molecular formula is C16H24O3Si. The van der Waals surface area contributed by atoms with E-state index in [4.69, 9.17) is 13.9 Å². The predicted octanol–water partition coefficient (Wildman–Crippen LogP) is 3.25. The summed E-state index contributed by atoms with van der Waals surface area (Å²) in [7, 11) is 0.237. The molecule has 1 aromatic carbocycles. The van der Waals surface area contributed by atoms with E-state index in [2.05, 4.69) is 24.8 Å². The smallest absolute Gasteiger partial charge is 0.299 e. The average Bonchev–Trinajstić information content (AvgIpc) is 2.47. The first-order chi connectivity index (χ1) is 9.81. The molecule has 0 aliphatic carbocycles. The van der Waals surface area contributed by atoms with Gasteiger partial charge in [0.25, 0.3) is 9.76 Å². The maximum atomic E-state index is 5.65. The molecule has 0 amide bonds. The zero-order chi connectivity index (χ0) is 14.6. The van der Waals surface area contributed by atoms with Gasteiger partial charge >= 0.3 is 0 Å². The van der Waals surface area contributed by atoms with Crippen LogP contribution in [-0.4, -0.2) is 35.5 Å². The molecule has 110 valence electrons. The summed E-state index contributed by atoms with van der Waals surface area (Å²) in [4.78, 5) is 0. The van der Waals surface area contributed by atoms with Crippen molar-refractivity contribution in [3.8, 4) is 0 Å². The Morgan fingerprint density at radius 1 is 1.20 bits per heavy atom. The SMILES string of the molecule is C=Cc1ccccc1CCCO[Si]C(OCC)OCC. The quantitative estimate of drug-likeness (QED) is 0.356. The Morgan fingerprint density at radius 2 is 1.90 bits per heavy atom. The zero-order valence-electron chi connectivity index (χ0n) is 12.4. The van der Waals surface area contributed by atoms with Crippen molar-refractivity contribution in [2.45, 2.75) is 32.6 Å². The number of aryl methyl sites for hydroxylation is 1. The molecule has 0 fully saturated rings. The number of hydrogen-bond donors (Lipinski definition) is 0. The average molecular weight is 292 g/mol. The van der Waals surface area contributed by atoms with Gasteiger partial charge in [-0.15, -0.1) is 0 Å². The van der Waals surface area contributed by atoms with Crippen LogP contribution in [0.5, 0.6) is 0 Å². The van der Waals surface area contributed by atoms with Crippen molar-refractivity contribution in [3.05, 3.63) is 42.0 Å². The first-order valence-electron chi connectivity index (χ1n) is 7.12. The molecule has 4 heteroatoms. The number of ether oxygens (including phenoxy) is 2. The van der Waals surface area contributed by atoms with Crippen molar-refractivity contribution in [2.24, 2.45) is 0 Å². The fourth-order valence-corrected chi connectivity index (χ4v) is 2.71. The summed E-state index contributed by atoms with van der Waals surface area (Å²) in [6.45, 7) is 9.78. The molecule has 0 saturated heterocycles. The van der Waals surface area contributed by atoms with Crippen molar-refractivity contribution < 1.29 is 13.9 Å². The van der Waals surface area contributed by atoms with Crippen LogP contribution in [0.25, 0.3) is 6.08 Å². The highest BCUT2D eigenvalue weighted by molar-refractivity contribution is 6.28. The molecular weight excluding hydrogens is 268 g/mol. The third-order valence-corrected chi connectivity index (χ3v) is 3.68. The van der Waals surface area contributed by atoms with E-state index in [0.717, 1.165) is 19.4 Å². The fourth-order valence-electron chi connectivity index (χ4n) is 1.84. The van der Waals surface area contributed by atoms with Gasteiger partial charge in [-0.3, -0.25) is 0 Å². The van der Waals surface area contributed by atoms with E-state index in [1.54, 1.807) is 0 Å². The molecule has 0 atom stereocenters. The highest BCUT2D eigenvalue weighted by Crippen LogP contribution is 2.12. The lowest BCUT2D eigenvalue weighted by molar-refractivity contribution is -0.0899. The van der Waals surface area contributed by atoms with Gasteiger partial charge in [0.2, 0.25) is 0 Å². The van der Waals surface area contributed by atoms with Gasteiger partial charge in [-0.2, -0.15) is 0 Å². The van der Waals surface area contributed by atoms with Crippen LogP contribution in [-0.2, 0) is 20.3 Å². The summed E-state index contributed by atoms with van der Waals surface area (Å²) in [5.74, 6) is -0.217. The molecule has 1 rings (SSSR count). The van der Waals surface area contributed by atoms with Gasteiger partial charge in [0.05, 0.1) is 0 Å². The van der Waals surface area contributed by atoms with E-state index in [9.17, 15) is 0 Å². The minimum absolute atomic E-state index is 0.217. The summed E-state index contributed by atoms with van der Waals surface area (Å²) in [5.41, 5.74) is 2.53. The van der Waals surface area contributed by atoms with E-state index in [-0.39, 0.29) is 15.7 Å².